The molecule has 5 nitrogen and oxygen atoms in total. The van der Waals surface area contributed by atoms with Crippen molar-refractivity contribution < 1.29 is 9.53 Å². The average Bonchev–Trinajstić information content (AvgIpc) is 2.78. The predicted octanol–water partition coefficient (Wildman–Crippen LogP) is 1.11. The van der Waals surface area contributed by atoms with Gasteiger partial charge in [0, 0.05) is 24.8 Å². The number of carbonyl (C=O) groups is 1. The Morgan fingerprint density at radius 2 is 2.00 bits per heavy atom. The van der Waals surface area contributed by atoms with Gasteiger partial charge < -0.3 is 14.2 Å². The second kappa shape index (κ2) is 4.49. The van der Waals surface area contributed by atoms with Gasteiger partial charge >= 0.3 is 0 Å². The van der Waals surface area contributed by atoms with Gasteiger partial charge in [-0.3, -0.25) is 4.79 Å². The summed E-state index contributed by atoms with van der Waals surface area (Å²) in [5.74, 6) is -0.00343. The molecule has 17 heavy (non-hydrogen) atoms. The van der Waals surface area contributed by atoms with E-state index in [1.165, 1.54) is 0 Å². The van der Waals surface area contributed by atoms with Crippen molar-refractivity contribution in [3.8, 4) is 0 Å². The first-order chi connectivity index (χ1) is 7.98. The van der Waals surface area contributed by atoms with Crippen molar-refractivity contribution in [1.29, 1.82) is 0 Å². The number of aromatic nitrogens is 2. The molecule has 1 saturated heterocycles. The van der Waals surface area contributed by atoms with Gasteiger partial charge in [0.05, 0.1) is 19.5 Å². The highest BCUT2D eigenvalue weighted by molar-refractivity contribution is 5.92. The maximum Gasteiger partial charge on any atom is 0.274 e. The fourth-order valence-corrected chi connectivity index (χ4v) is 1.73. The lowest BCUT2D eigenvalue weighted by Gasteiger charge is -2.26. The Labute approximate surface area is 101 Å². The molecular formula is C12H19N3O2. The monoisotopic (exact) mass is 237 g/mol. The smallest absolute Gasteiger partial charge is 0.274 e. The van der Waals surface area contributed by atoms with E-state index in [0.717, 1.165) is 0 Å². The van der Waals surface area contributed by atoms with Gasteiger partial charge in [0.15, 0.2) is 0 Å². The third-order valence-corrected chi connectivity index (χ3v) is 2.87. The molecule has 0 N–H and O–H groups in total. The van der Waals surface area contributed by atoms with Gasteiger partial charge in [0.2, 0.25) is 0 Å². The molecule has 1 aromatic heterocycles. The number of ether oxygens (including phenoxy) is 1. The summed E-state index contributed by atoms with van der Waals surface area (Å²) in [5, 5.41) is 0. The fourth-order valence-electron chi connectivity index (χ4n) is 1.73. The third kappa shape index (κ3) is 2.66. The molecule has 1 aliphatic heterocycles. The maximum atomic E-state index is 12.1. The van der Waals surface area contributed by atoms with E-state index in [9.17, 15) is 4.79 Å². The van der Waals surface area contributed by atoms with Crippen LogP contribution in [0.2, 0.25) is 0 Å². The van der Waals surface area contributed by atoms with Gasteiger partial charge in [0.1, 0.15) is 5.69 Å². The maximum absolute atomic E-state index is 12.1. The summed E-state index contributed by atoms with van der Waals surface area (Å²) < 4.78 is 7.18. The molecule has 2 heterocycles. The van der Waals surface area contributed by atoms with Crippen LogP contribution in [0.5, 0.6) is 0 Å². The summed E-state index contributed by atoms with van der Waals surface area (Å²) in [6, 6.07) is 0. The summed E-state index contributed by atoms with van der Waals surface area (Å²) in [4.78, 5) is 18.1. The number of nitrogens with zero attached hydrogens (tertiary/aromatic N) is 3. The van der Waals surface area contributed by atoms with Gasteiger partial charge in [-0.15, -0.1) is 0 Å². The molecule has 1 aromatic rings. The predicted molar refractivity (Wildman–Crippen MR) is 63.9 cm³/mol. The molecule has 1 amide bonds. The minimum Gasteiger partial charge on any atom is -0.378 e. The fraction of sp³-hybridized carbons (Fsp3) is 0.667. The normalized spacial score (nSPS) is 17.2. The van der Waals surface area contributed by atoms with Crippen LogP contribution in [-0.4, -0.2) is 46.7 Å². The van der Waals surface area contributed by atoms with Gasteiger partial charge in [-0.25, -0.2) is 4.98 Å². The van der Waals surface area contributed by atoms with Crippen LogP contribution in [0.1, 0.15) is 31.3 Å². The second-order valence-corrected chi connectivity index (χ2v) is 5.24. The largest absolute Gasteiger partial charge is 0.378 e. The van der Waals surface area contributed by atoms with E-state index in [1.54, 1.807) is 11.2 Å². The van der Waals surface area contributed by atoms with E-state index in [2.05, 4.69) is 25.8 Å². The summed E-state index contributed by atoms with van der Waals surface area (Å²) >= 11 is 0. The topological polar surface area (TPSA) is 47.4 Å². The number of hydrogen-bond acceptors (Lipinski definition) is 3. The van der Waals surface area contributed by atoms with Crippen LogP contribution in [0.4, 0.5) is 0 Å². The number of morpholine rings is 1. The van der Waals surface area contributed by atoms with Crippen LogP contribution in [-0.2, 0) is 10.3 Å². The van der Waals surface area contributed by atoms with E-state index in [-0.39, 0.29) is 11.4 Å². The first-order valence-corrected chi connectivity index (χ1v) is 5.90. The Morgan fingerprint density at radius 1 is 1.35 bits per heavy atom. The van der Waals surface area contributed by atoms with Gasteiger partial charge in [-0.1, -0.05) is 0 Å². The van der Waals surface area contributed by atoms with Gasteiger partial charge in [-0.05, 0) is 20.8 Å². The van der Waals surface area contributed by atoms with Gasteiger partial charge in [-0.2, -0.15) is 0 Å². The zero-order chi connectivity index (χ0) is 12.5. The van der Waals surface area contributed by atoms with Crippen molar-refractivity contribution >= 4 is 5.91 Å². The molecule has 2 rings (SSSR count). The molecule has 0 atom stereocenters. The number of imidazole rings is 1. The van der Waals surface area contributed by atoms with Crippen molar-refractivity contribution in [2.75, 3.05) is 26.3 Å². The van der Waals surface area contributed by atoms with Crippen LogP contribution in [0.15, 0.2) is 12.5 Å². The Bertz CT molecular complexity index is 400. The molecule has 0 saturated carbocycles. The minimum absolute atomic E-state index is 0.00343. The number of rotatable bonds is 1. The summed E-state index contributed by atoms with van der Waals surface area (Å²) in [5.41, 5.74) is 0.470. The highest BCUT2D eigenvalue weighted by Gasteiger charge is 2.22. The Kier molecular flexibility index (Phi) is 3.19. The molecule has 1 aliphatic rings. The van der Waals surface area contributed by atoms with Crippen molar-refractivity contribution in [2.24, 2.45) is 0 Å². The summed E-state index contributed by atoms with van der Waals surface area (Å²) in [7, 11) is 0. The molecule has 0 aliphatic carbocycles. The third-order valence-electron chi connectivity index (χ3n) is 2.87. The van der Waals surface area contributed by atoms with Crippen LogP contribution >= 0.6 is 0 Å². The molecular weight excluding hydrogens is 218 g/mol. The Hall–Kier alpha value is -1.36. The average molecular weight is 237 g/mol. The Morgan fingerprint density at radius 3 is 2.53 bits per heavy atom. The lowest BCUT2D eigenvalue weighted by molar-refractivity contribution is 0.0299. The van der Waals surface area contributed by atoms with Gasteiger partial charge in [0.25, 0.3) is 5.91 Å². The molecule has 94 valence electrons. The van der Waals surface area contributed by atoms with Crippen LogP contribution in [0.25, 0.3) is 0 Å². The van der Waals surface area contributed by atoms with Crippen LogP contribution in [0, 0.1) is 0 Å². The molecule has 5 heteroatoms. The molecule has 0 unspecified atom stereocenters. The molecule has 0 radical (unpaired) electrons. The van der Waals surface area contributed by atoms with Crippen LogP contribution < -0.4 is 0 Å². The first-order valence-electron chi connectivity index (χ1n) is 5.90. The number of amides is 1. The lowest BCUT2D eigenvalue weighted by atomic mass is 10.1. The van der Waals surface area contributed by atoms with Crippen molar-refractivity contribution in [1.82, 2.24) is 14.5 Å². The SMILES string of the molecule is CC(C)(C)n1cnc(C(=O)N2CCOCC2)c1. The highest BCUT2D eigenvalue weighted by Crippen LogP contribution is 2.15. The second-order valence-electron chi connectivity index (χ2n) is 5.24. The molecule has 0 bridgehead atoms. The molecule has 1 fully saturated rings. The Balaban J connectivity index is 2.11. The first kappa shape index (κ1) is 12.1. The van der Waals surface area contributed by atoms with E-state index in [1.807, 2.05) is 10.8 Å². The minimum atomic E-state index is -0.0451. The van der Waals surface area contributed by atoms with Crippen LogP contribution in [0.3, 0.4) is 0 Å². The van der Waals surface area contributed by atoms with E-state index in [4.69, 9.17) is 4.74 Å². The quantitative estimate of drug-likeness (QED) is 0.735. The molecule has 0 aromatic carbocycles. The number of carbonyl (C=O) groups excluding carboxylic acids is 1. The lowest BCUT2D eigenvalue weighted by Crippen LogP contribution is -2.40. The van der Waals surface area contributed by atoms with Crippen molar-refractivity contribution in [2.45, 2.75) is 26.3 Å². The van der Waals surface area contributed by atoms with E-state index in [0.29, 0.717) is 32.0 Å². The van der Waals surface area contributed by atoms with E-state index < -0.39 is 0 Å². The summed E-state index contributed by atoms with van der Waals surface area (Å²) in [6.07, 6.45) is 3.53. The molecule has 0 spiro atoms. The zero-order valence-electron chi connectivity index (χ0n) is 10.6. The van der Waals surface area contributed by atoms with Crippen molar-refractivity contribution in [3.05, 3.63) is 18.2 Å². The highest BCUT2D eigenvalue weighted by atomic mass is 16.5. The van der Waals surface area contributed by atoms with Crippen molar-refractivity contribution in [3.63, 3.8) is 0 Å². The number of hydrogen-bond donors (Lipinski definition) is 0. The summed E-state index contributed by atoms with van der Waals surface area (Å²) in [6.45, 7) is 8.78. The standard InChI is InChI=1S/C12H19N3O2/c1-12(2,3)15-8-10(13-9-15)11(16)14-4-6-17-7-5-14/h8-9H,4-7H2,1-3H3. The zero-order valence-corrected chi connectivity index (χ0v) is 10.6. The van der Waals surface area contributed by atoms with E-state index >= 15 is 0 Å².